The summed E-state index contributed by atoms with van der Waals surface area (Å²) in [7, 11) is 3.32. The Labute approximate surface area is 324 Å². The van der Waals surface area contributed by atoms with Gasteiger partial charge in [0, 0.05) is 49.9 Å². The van der Waals surface area contributed by atoms with Crippen LogP contribution in [0.4, 0.5) is 0 Å². The van der Waals surface area contributed by atoms with E-state index in [9.17, 15) is 0 Å². The van der Waals surface area contributed by atoms with Crippen LogP contribution in [-0.4, -0.2) is 65.6 Å². The molecule has 12 nitrogen and oxygen atoms in total. The van der Waals surface area contributed by atoms with Crippen LogP contribution in [0.25, 0.3) is 27.1 Å². The molecule has 0 bridgehead atoms. The lowest BCUT2D eigenvalue weighted by Gasteiger charge is -2.42. The minimum Gasteiger partial charge on any atom is -1.00 e. The van der Waals surface area contributed by atoms with Crippen molar-refractivity contribution in [3.05, 3.63) is 95.3 Å². The van der Waals surface area contributed by atoms with Crippen molar-refractivity contribution in [1.29, 1.82) is 0 Å². The van der Waals surface area contributed by atoms with Gasteiger partial charge in [0.05, 0.1) is 25.0 Å². The number of aromatic nitrogens is 1. The van der Waals surface area contributed by atoms with Gasteiger partial charge in [0.2, 0.25) is 19.1 Å². The molecule has 0 spiro atoms. The Bertz CT molecular complexity index is 2410. The van der Waals surface area contributed by atoms with E-state index < -0.39 is 0 Å². The zero-order valence-electron chi connectivity index (χ0n) is 30.8. The molecule has 1 unspecified atom stereocenters. The topological polar surface area (TPSA) is 133 Å². The summed E-state index contributed by atoms with van der Waals surface area (Å²) in [4.78, 5) is 2.53. The molecule has 0 saturated heterocycles. The molecule has 0 radical (unpaired) electrons. The highest BCUT2D eigenvalue weighted by molar-refractivity contribution is 6.00. The van der Waals surface area contributed by atoms with Crippen molar-refractivity contribution in [2.24, 2.45) is 11.5 Å². The number of fused-ring (bicyclic) bond motifs is 10. The minimum absolute atomic E-state index is 0. The van der Waals surface area contributed by atoms with Crippen molar-refractivity contribution in [3.63, 3.8) is 0 Å². The van der Waals surface area contributed by atoms with E-state index in [1.165, 1.54) is 22.3 Å². The zero-order chi connectivity index (χ0) is 36.8. The molecule has 0 saturated carbocycles. The Morgan fingerprint density at radius 2 is 1.38 bits per heavy atom. The fraction of sp³-hybridized carbons (Fsp3) is 0.310. The normalized spacial score (nSPS) is 16.0. The van der Waals surface area contributed by atoms with Crippen molar-refractivity contribution >= 4 is 27.1 Å². The van der Waals surface area contributed by atoms with Crippen LogP contribution in [0.5, 0.6) is 46.0 Å². The predicted octanol–water partition coefficient (Wildman–Crippen LogP) is 2.23. The molecule has 4 N–H and O–H groups in total. The van der Waals surface area contributed by atoms with Crippen LogP contribution in [0.1, 0.15) is 28.3 Å². The fourth-order valence-electron chi connectivity index (χ4n) is 8.05. The number of benzene rings is 4. The number of pyridine rings is 2. The van der Waals surface area contributed by atoms with E-state index in [1.54, 1.807) is 14.2 Å². The average molecular weight is 767 g/mol. The maximum absolute atomic E-state index is 5.97. The molecule has 6 heterocycles. The Morgan fingerprint density at radius 1 is 0.727 bits per heavy atom. The Hall–Kier alpha value is -5.40. The van der Waals surface area contributed by atoms with E-state index in [1.807, 2.05) is 36.5 Å². The van der Waals surface area contributed by atoms with Gasteiger partial charge in [-0.25, -0.2) is 0 Å². The summed E-state index contributed by atoms with van der Waals surface area (Å²) >= 11 is 0. The van der Waals surface area contributed by atoms with E-state index in [2.05, 4.69) is 45.8 Å². The van der Waals surface area contributed by atoms with E-state index in [0.717, 1.165) is 87.5 Å². The number of methoxy groups -OCH3 is 2. The van der Waals surface area contributed by atoms with Crippen LogP contribution in [-0.2, 0) is 19.4 Å². The second kappa shape index (κ2) is 15.4. The lowest BCUT2D eigenvalue weighted by Crippen LogP contribution is -3.00. The van der Waals surface area contributed by atoms with Crippen LogP contribution in [0.15, 0.2) is 73.1 Å². The highest BCUT2D eigenvalue weighted by Crippen LogP contribution is 2.47. The van der Waals surface area contributed by atoms with Gasteiger partial charge < -0.3 is 61.8 Å². The quantitative estimate of drug-likeness (QED) is 0.134. The van der Waals surface area contributed by atoms with Crippen LogP contribution in [0.2, 0.25) is 0 Å². The standard InChI is InChI=1S/C21H24N2O4.C21H19N2O4.ClH/c2*1-24-18-3-2-13-8-17-15-10-20-19(26-12-27-20)9-14(15)4-6-23(17)11-16(13)21(18)25-7-5-22;/h2-3,9-10,17H,4-8,11-12,22H2,1H3;2-4,6,8-11H,5,7,12,22H2,1H3;1H/q;+1;/p-1. The first-order valence-electron chi connectivity index (χ1n) is 18.3. The Morgan fingerprint density at radius 3 is 2.13 bits per heavy atom. The predicted molar refractivity (Wildman–Crippen MR) is 203 cm³/mol. The molecule has 4 aliphatic rings. The third-order valence-corrected chi connectivity index (χ3v) is 10.6. The van der Waals surface area contributed by atoms with Gasteiger partial charge >= 0.3 is 0 Å². The summed E-state index contributed by atoms with van der Waals surface area (Å²) in [6, 6.07) is 21.1. The van der Waals surface area contributed by atoms with E-state index in [0.29, 0.717) is 50.6 Å². The van der Waals surface area contributed by atoms with Gasteiger partial charge in [0.25, 0.3) is 0 Å². The molecule has 55 heavy (non-hydrogen) atoms. The number of hydrogen-bond acceptors (Lipinski definition) is 11. The van der Waals surface area contributed by atoms with Crippen LogP contribution >= 0.6 is 0 Å². The summed E-state index contributed by atoms with van der Waals surface area (Å²) in [5.41, 5.74) is 17.6. The monoisotopic (exact) mass is 766 g/mol. The van der Waals surface area contributed by atoms with Crippen LogP contribution in [0, 0.1) is 0 Å². The van der Waals surface area contributed by atoms with E-state index >= 15 is 0 Å². The molecular weight excluding hydrogens is 724 g/mol. The number of nitrogens with two attached hydrogens (primary N) is 2. The molecule has 0 fully saturated rings. The average Bonchev–Trinajstić information content (AvgIpc) is 3.88. The number of nitrogens with zero attached hydrogens (tertiary/aromatic N) is 2. The van der Waals surface area contributed by atoms with Gasteiger partial charge in [-0.1, -0.05) is 6.07 Å². The minimum atomic E-state index is 0. The number of ether oxygens (including phenoxy) is 8. The summed E-state index contributed by atoms with van der Waals surface area (Å²) in [6.07, 6.45) is 6.06. The second-order valence-corrected chi connectivity index (χ2v) is 13.6. The summed E-state index contributed by atoms with van der Waals surface area (Å²) in [5.74, 6) is 6.33. The number of rotatable bonds is 8. The molecule has 4 aliphatic heterocycles. The SMILES string of the molecule is COc1ccc2c(c1OCCN)CN1CCc3cc4c(cc3C1C2)OCO4.COc1ccc2cc3c4cc5c(cc4cc[n+]3cc2c1OCCN)OCO5.[Cl-]. The first kappa shape index (κ1) is 36.6. The van der Waals surface area contributed by atoms with Crippen molar-refractivity contribution in [2.45, 2.75) is 25.4 Å². The van der Waals surface area contributed by atoms with Gasteiger partial charge in [-0.3, -0.25) is 4.90 Å². The highest BCUT2D eigenvalue weighted by Gasteiger charge is 2.35. The largest absolute Gasteiger partial charge is 1.00 e. The van der Waals surface area contributed by atoms with Crippen molar-refractivity contribution in [2.75, 3.05) is 60.7 Å². The van der Waals surface area contributed by atoms with E-state index in [-0.39, 0.29) is 19.2 Å². The van der Waals surface area contributed by atoms with E-state index in [4.69, 9.17) is 49.4 Å². The maximum Gasteiger partial charge on any atom is 0.231 e. The van der Waals surface area contributed by atoms with Crippen molar-refractivity contribution < 1.29 is 54.7 Å². The molecule has 10 rings (SSSR count). The first-order valence-corrected chi connectivity index (χ1v) is 18.3. The summed E-state index contributed by atoms with van der Waals surface area (Å²) < 4.78 is 47.2. The fourth-order valence-corrected chi connectivity index (χ4v) is 8.05. The molecule has 13 heteroatoms. The third-order valence-electron chi connectivity index (χ3n) is 10.6. The first-order chi connectivity index (χ1) is 26.6. The summed E-state index contributed by atoms with van der Waals surface area (Å²) in [6.45, 7) is 4.30. The maximum atomic E-state index is 5.97. The smallest absolute Gasteiger partial charge is 0.231 e. The molecule has 0 aliphatic carbocycles. The molecule has 6 aromatic rings. The van der Waals surface area contributed by atoms with Gasteiger partial charge in [-0.2, -0.15) is 4.40 Å². The lowest BCUT2D eigenvalue weighted by molar-refractivity contribution is -0.509. The molecule has 0 amide bonds. The second-order valence-electron chi connectivity index (χ2n) is 13.6. The van der Waals surface area contributed by atoms with Gasteiger partial charge in [-0.15, -0.1) is 0 Å². The van der Waals surface area contributed by atoms with Crippen LogP contribution in [0.3, 0.4) is 0 Å². The highest BCUT2D eigenvalue weighted by atomic mass is 35.5. The lowest BCUT2D eigenvalue weighted by atomic mass is 9.83. The van der Waals surface area contributed by atoms with Gasteiger partial charge in [0.15, 0.2) is 58.4 Å². The molecule has 1 atom stereocenters. The molecule has 2 aromatic heterocycles. The molecule has 286 valence electrons. The number of hydrogen-bond donors (Lipinski definition) is 2. The molecular formula is C42H43ClN4O8. The van der Waals surface area contributed by atoms with Crippen molar-refractivity contribution in [3.8, 4) is 46.0 Å². The van der Waals surface area contributed by atoms with Crippen LogP contribution < -0.4 is 66.2 Å². The Balaban J connectivity index is 0.000000153. The molecule has 4 aromatic carbocycles. The van der Waals surface area contributed by atoms with Gasteiger partial charge in [-0.05, 0) is 82.8 Å². The Kier molecular flexibility index (Phi) is 10.2. The summed E-state index contributed by atoms with van der Waals surface area (Å²) in [5, 5.41) is 4.24. The zero-order valence-corrected chi connectivity index (χ0v) is 31.5. The number of halogens is 1. The third kappa shape index (κ3) is 6.58. The van der Waals surface area contributed by atoms with Crippen molar-refractivity contribution in [1.82, 2.24) is 4.90 Å². The van der Waals surface area contributed by atoms with Gasteiger partial charge in [0.1, 0.15) is 13.2 Å².